The van der Waals surface area contributed by atoms with Crippen LogP contribution in [-0.4, -0.2) is 19.8 Å². The molecule has 0 fully saturated rings. The largest absolute Gasteiger partial charge is 0.494 e. The van der Waals surface area contributed by atoms with Crippen molar-refractivity contribution in [2.45, 2.75) is 34.2 Å². The summed E-state index contributed by atoms with van der Waals surface area (Å²) < 4.78 is 21.5. The summed E-state index contributed by atoms with van der Waals surface area (Å²) in [6.45, 7) is 11.1. The first-order valence-corrected chi connectivity index (χ1v) is 13.0. The SMILES string of the molecule is CCOC(=C/C=C/C(=C\c1sc2ccccc2[n+]1CC)OCC)/C=C1/Oc2ccccc2N1CC. The van der Waals surface area contributed by atoms with E-state index < -0.39 is 0 Å². The van der Waals surface area contributed by atoms with Gasteiger partial charge in [-0.2, -0.15) is 4.57 Å². The first-order chi connectivity index (χ1) is 17.2. The van der Waals surface area contributed by atoms with E-state index in [1.807, 2.05) is 56.4 Å². The molecular weight excluding hydrogens is 456 g/mol. The summed E-state index contributed by atoms with van der Waals surface area (Å²) in [5, 5.41) is 1.16. The molecule has 0 spiro atoms. The Morgan fingerprint density at radius 2 is 1.71 bits per heavy atom. The molecule has 2 heterocycles. The minimum atomic E-state index is 0.564. The summed E-state index contributed by atoms with van der Waals surface area (Å²) in [4.78, 5) is 2.14. The van der Waals surface area contributed by atoms with Crippen LogP contribution in [0.2, 0.25) is 0 Å². The molecular formula is C29H33N2O3S+. The van der Waals surface area contributed by atoms with E-state index >= 15 is 0 Å². The van der Waals surface area contributed by atoms with Crippen LogP contribution in [0.15, 0.2) is 90.2 Å². The smallest absolute Gasteiger partial charge is 0.266 e. The summed E-state index contributed by atoms with van der Waals surface area (Å²) in [6, 6.07) is 16.5. The molecule has 0 atom stereocenters. The minimum absolute atomic E-state index is 0.564. The van der Waals surface area contributed by atoms with Gasteiger partial charge in [-0.3, -0.25) is 0 Å². The highest BCUT2D eigenvalue weighted by molar-refractivity contribution is 7.18. The molecule has 0 unspecified atom stereocenters. The summed E-state index contributed by atoms with van der Waals surface area (Å²) in [6.07, 6.45) is 9.94. The summed E-state index contributed by atoms with van der Waals surface area (Å²) in [5.74, 6) is 3.16. The number of aryl methyl sites for hydroxylation is 1. The normalized spacial score (nSPS) is 15.2. The summed E-state index contributed by atoms with van der Waals surface area (Å²) >= 11 is 1.77. The number of benzene rings is 2. The second kappa shape index (κ2) is 11.8. The van der Waals surface area contributed by atoms with Crippen LogP contribution in [0.3, 0.4) is 0 Å². The second-order valence-corrected chi connectivity index (χ2v) is 8.85. The molecule has 0 bridgehead atoms. The quantitative estimate of drug-likeness (QED) is 0.178. The molecule has 1 aromatic heterocycles. The van der Waals surface area contributed by atoms with E-state index in [9.17, 15) is 0 Å². The minimum Gasteiger partial charge on any atom is -0.494 e. The molecule has 0 saturated heterocycles. The van der Waals surface area contributed by atoms with Crippen LogP contribution in [0.5, 0.6) is 5.75 Å². The molecule has 182 valence electrons. The molecule has 3 aromatic rings. The Balaban J connectivity index is 1.61. The number of rotatable bonds is 10. The summed E-state index contributed by atoms with van der Waals surface area (Å²) in [7, 11) is 0. The number of thiazole rings is 1. The lowest BCUT2D eigenvalue weighted by atomic mass is 10.3. The maximum absolute atomic E-state index is 6.09. The van der Waals surface area contributed by atoms with Crippen LogP contribution in [0, 0.1) is 0 Å². The zero-order chi connectivity index (χ0) is 24.6. The third-order valence-electron chi connectivity index (χ3n) is 5.58. The number of anilines is 1. The number of hydrogen-bond donors (Lipinski definition) is 0. The molecule has 35 heavy (non-hydrogen) atoms. The van der Waals surface area contributed by atoms with Crippen LogP contribution >= 0.6 is 11.3 Å². The monoisotopic (exact) mass is 489 g/mol. The van der Waals surface area contributed by atoms with Gasteiger partial charge in [-0.1, -0.05) is 41.7 Å². The van der Waals surface area contributed by atoms with Crippen molar-refractivity contribution in [2.75, 3.05) is 24.7 Å². The van der Waals surface area contributed by atoms with E-state index in [1.165, 1.54) is 10.2 Å². The first-order valence-electron chi connectivity index (χ1n) is 12.2. The predicted molar refractivity (Wildman–Crippen MR) is 144 cm³/mol. The number of para-hydroxylation sites is 3. The van der Waals surface area contributed by atoms with Gasteiger partial charge in [0.15, 0.2) is 5.75 Å². The van der Waals surface area contributed by atoms with E-state index in [-0.39, 0.29) is 0 Å². The molecule has 1 aliphatic heterocycles. The lowest BCUT2D eigenvalue weighted by molar-refractivity contribution is -0.665. The van der Waals surface area contributed by atoms with Gasteiger partial charge >= 0.3 is 0 Å². The number of fused-ring (bicyclic) bond motifs is 2. The molecule has 0 N–H and O–H groups in total. The standard InChI is InChI=1S/C29H33N2O3S/c1-5-30-24-16-9-11-18-26(24)34-28(30)20-22(32-7-3)14-13-15-23(33-8-4)21-29-31(6-2)25-17-10-12-19-27(25)35-29/h9-21H,5-8H2,1-4H3/q+1. The van der Waals surface area contributed by atoms with Crippen LogP contribution in [-0.2, 0) is 16.0 Å². The molecule has 6 heteroatoms. The fourth-order valence-corrected chi connectivity index (χ4v) is 5.23. The Morgan fingerprint density at radius 3 is 2.49 bits per heavy atom. The fourth-order valence-electron chi connectivity index (χ4n) is 4.06. The van der Waals surface area contributed by atoms with Crippen LogP contribution in [0.1, 0.15) is 32.7 Å². The van der Waals surface area contributed by atoms with Gasteiger partial charge in [0.25, 0.3) is 5.01 Å². The van der Waals surface area contributed by atoms with Crippen LogP contribution in [0.4, 0.5) is 5.69 Å². The molecule has 5 nitrogen and oxygen atoms in total. The predicted octanol–water partition coefficient (Wildman–Crippen LogP) is 6.82. The zero-order valence-electron chi connectivity index (χ0n) is 20.9. The van der Waals surface area contributed by atoms with Gasteiger partial charge in [0.1, 0.15) is 22.8 Å². The Bertz CT molecular complexity index is 1290. The highest BCUT2D eigenvalue weighted by Crippen LogP contribution is 2.38. The molecule has 0 amide bonds. The van der Waals surface area contributed by atoms with Crippen molar-refractivity contribution in [3.05, 3.63) is 95.2 Å². The van der Waals surface area contributed by atoms with E-state index in [4.69, 9.17) is 14.2 Å². The average Bonchev–Trinajstić information content (AvgIpc) is 3.40. The van der Waals surface area contributed by atoms with Crippen molar-refractivity contribution in [2.24, 2.45) is 0 Å². The third-order valence-corrected chi connectivity index (χ3v) is 6.69. The molecule has 0 aliphatic carbocycles. The highest BCUT2D eigenvalue weighted by atomic mass is 32.1. The van der Waals surface area contributed by atoms with Gasteiger partial charge in [-0.25, -0.2) is 0 Å². The molecule has 2 aromatic carbocycles. The van der Waals surface area contributed by atoms with Gasteiger partial charge in [-0.15, -0.1) is 0 Å². The van der Waals surface area contributed by atoms with E-state index in [1.54, 1.807) is 11.3 Å². The molecule has 0 saturated carbocycles. The number of aromatic nitrogens is 1. The lowest BCUT2D eigenvalue weighted by Gasteiger charge is -2.16. The Labute approximate surface area is 211 Å². The Morgan fingerprint density at radius 1 is 0.971 bits per heavy atom. The zero-order valence-corrected chi connectivity index (χ0v) is 21.7. The van der Waals surface area contributed by atoms with Gasteiger partial charge in [0, 0.05) is 18.7 Å². The maximum atomic E-state index is 6.09. The Kier molecular flexibility index (Phi) is 8.27. The van der Waals surface area contributed by atoms with Crippen LogP contribution in [0.25, 0.3) is 16.3 Å². The highest BCUT2D eigenvalue weighted by Gasteiger charge is 2.24. The van der Waals surface area contributed by atoms with Crippen LogP contribution < -0.4 is 14.2 Å². The van der Waals surface area contributed by atoms with E-state index in [0.29, 0.717) is 13.2 Å². The van der Waals surface area contributed by atoms with Crippen molar-refractivity contribution >= 4 is 33.3 Å². The van der Waals surface area contributed by atoms with E-state index in [0.717, 1.165) is 46.9 Å². The third kappa shape index (κ3) is 5.60. The van der Waals surface area contributed by atoms with Gasteiger partial charge < -0.3 is 19.1 Å². The Hall–Kier alpha value is -3.51. The van der Waals surface area contributed by atoms with Crippen molar-refractivity contribution in [3.8, 4) is 5.75 Å². The second-order valence-electron chi connectivity index (χ2n) is 7.79. The van der Waals surface area contributed by atoms with Gasteiger partial charge in [0.2, 0.25) is 11.4 Å². The maximum Gasteiger partial charge on any atom is 0.266 e. The topological polar surface area (TPSA) is 34.8 Å². The first kappa shape index (κ1) is 24.6. The van der Waals surface area contributed by atoms with E-state index in [2.05, 4.69) is 59.7 Å². The van der Waals surface area contributed by atoms with Crippen molar-refractivity contribution < 1.29 is 18.8 Å². The summed E-state index contributed by atoms with van der Waals surface area (Å²) in [5.41, 5.74) is 2.32. The molecule has 4 rings (SSSR count). The lowest BCUT2D eigenvalue weighted by Crippen LogP contribution is -2.33. The number of hydrogen-bond acceptors (Lipinski definition) is 5. The van der Waals surface area contributed by atoms with Crippen molar-refractivity contribution in [3.63, 3.8) is 0 Å². The number of allylic oxidation sites excluding steroid dienone is 4. The molecule has 0 radical (unpaired) electrons. The number of nitrogens with zero attached hydrogens (tertiary/aromatic N) is 2. The van der Waals surface area contributed by atoms with Crippen molar-refractivity contribution in [1.82, 2.24) is 0 Å². The van der Waals surface area contributed by atoms with Crippen molar-refractivity contribution in [1.29, 1.82) is 0 Å². The van der Waals surface area contributed by atoms with Gasteiger partial charge in [-0.05, 0) is 58.0 Å². The molecule has 1 aliphatic rings. The fraction of sp³-hybridized carbons (Fsp3) is 0.276. The average molecular weight is 490 g/mol. The number of ether oxygens (including phenoxy) is 3. The van der Waals surface area contributed by atoms with Gasteiger partial charge in [0.05, 0.1) is 25.0 Å².